The van der Waals surface area contributed by atoms with Crippen LogP contribution in [-0.4, -0.2) is 9.97 Å². The second-order valence-electron chi connectivity index (χ2n) is 3.35. The van der Waals surface area contributed by atoms with Crippen LogP contribution >= 0.6 is 9.69 Å². The van der Waals surface area contributed by atoms with E-state index in [4.69, 9.17) is 21.5 Å². The van der Waals surface area contributed by atoms with Crippen LogP contribution in [0.1, 0.15) is 5.69 Å². The minimum absolute atomic E-state index is 0. The van der Waals surface area contributed by atoms with E-state index in [1.54, 1.807) is 6.20 Å². The Balaban J connectivity index is 0.000000597. The molecule has 0 aliphatic heterocycles. The fourth-order valence-corrected chi connectivity index (χ4v) is 1.83. The summed E-state index contributed by atoms with van der Waals surface area (Å²) in [7, 11) is 4.76. The topological polar surface area (TPSA) is 52.5 Å². The van der Waals surface area contributed by atoms with Crippen molar-refractivity contribution in [2.24, 2.45) is 0 Å². The Labute approximate surface area is 136 Å². The van der Waals surface area contributed by atoms with Gasteiger partial charge in [-0.05, 0) is 11.5 Å². The molecule has 2 aromatic heterocycles. The van der Waals surface area contributed by atoms with Crippen LogP contribution < -0.4 is 0 Å². The zero-order chi connectivity index (χ0) is 13.5. The first kappa shape index (κ1) is 18.0. The van der Waals surface area contributed by atoms with Gasteiger partial charge >= 0.3 is 44.1 Å². The van der Waals surface area contributed by atoms with E-state index < -0.39 is 0 Å². The Bertz CT molecular complexity index is 666. The molecular weight excluding hydrogens is 363 g/mol. The number of benzene rings is 1. The van der Waals surface area contributed by atoms with E-state index in [-0.39, 0.29) is 17.1 Å². The third-order valence-electron chi connectivity index (χ3n) is 2.51. The summed E-state index contributed by atoms with van der Waals surface area (Å²) < 4.78 is 0. The van der Waals surface area contributed by atoms with Gasteiger partial charge in [-0.1, -0.05) is 40.9 Å². The molecule has 0 saturated heterocycles. The first-order valence-electron chi connectivity index (χ1n) is 5.03. The summed E-state index contributed by atoms with van der Waals surface area (Å²) in [5.41, 5.74) is 2.98. The molecule has 0 spiro atoms. The molecule has 0 aliphatic carbocycles. The Hall–Kier alpha value is -1.04. The Kier molecular flexibility index (Phi) is 8.47. The van der Waals surface area contributed by atoms with E-state index in [1.807, 2.05) is 18.2 Å². The van der Waals surface area contributed by atoms with Crippen molar-refractivity contribution < 1.29 is 34.4 Å². The SMILES string of the molecule is [C-]#N.[CH2-]c1nccc2c1[nH]c1ccccc12.[Cl][Zn+].[Cu+]. The van der Waals surface area contributed by atoms with Crippen LogP contribution in [0.3, 0.4) is 0 Å². The summed E-state index contributed by atoms with van der Waals surface area (Å²) >= 11 is 0.847. The van der Waals surface area contributed by atoms with Gasteiger partial charge in [-0.3, -0.25) is 4.98 Å². The van der Waals surface area contributed by atoms with Crippen LogP contribution in [0.4, 0.5) is 0 Å². The van der Waals surface area contributed by atoms with Gasteiger partial charge in [-0.2, -0.15) is 0 Å². The molecule has 0 aliphatic rings. The van der Waals surface area contributed by atoms with Crippen molar-refractivity contribution in [3.63, 3.8) is 0 Å². The van der Waals surface area contributed by atoms with Crippen molar-refractivity contribution in [3.8, 4) is 0 Å². The standard InChI is InChI=1S/C12H9N2.CN.ClH.Cu.Zn/c1-8-12-10(6-7-13-8)9-4-2-3-5-11(9)14-12;1-2;;;/h2-7,14H,1H2;;1H;;/q2*-1;;+1;+2/p-1. The predicted molar refractivity (Wildman–Crippen MR) is 68.9 cm³/mol. The monoisotopic (exact) mass is 369 g/mol. The zero-order valence-electron chi connectivity index (χ0n) is 9.95. The molecule has 3 nitrogen and oxygen atoms in total. The largest absolute Gasteiger partial charge is 1.00 e. The quantitative estimate of drug-likeness (QED) is 0.484. The van der Waals surface area contributed by atoms with Crippen molar-refractivity contribution in [1.82, 2.24) is 9.97 Å². The molecule has 0 radical (unpaired) electrons. The van der Waals surface area contributed by atoms with E-state index in [9.17, 15) is 0 Å². The first-order valence-corrected chi connectivity index (χ1v) is 8.92. The molecule has 0 atom stereocenters. The number of nitrogens with zero attached hydrogens (tertiary/aromatic N) is 2. The molecule has 2 heterocycles. The molecule has 3 aromatic rings. The molecule has 1 aromatic carbocycles. The molecule has 0 amide bonds. The fourth-order valence-electron chi connectivity index (χ4n) is 1.83. The zero-order valence-corrected chi connectivity index (χ0v) is 14.6. The van der Waals surface area contributed by atoms with Crippen LogP contribution in [0.15, 0.2) is 36.5 Å². The van der Waals surface area contributed by atoms with Gasteiger partial charge in [0.2, 0.25) is 0 Å². The first-order chi connectivity index (χ1) is 8.86. The predicted octanol–water partition coefficient (Wildman–Crippen LogP) is 3.68. The van der Waals surface area contributed by atoms with Crippen molar-refractivity contribution in [2.75, 3.05) is 0 Å². The van der Waals surface area contributed by atoms with Gasteiger partial charge in [0.05, 0.1) is 0 Å². The summed E-state index contributed by atoms with van der Waals surface area (Å²) in [4.78, 5) is 7.48. The van der Waals surface area contributed by atoms with Gasteiger partial charge in [0.25, 0.3) is 0 Å². The van der Waals surface area contributed by atoms with E-state index in [1.165, 1.54) is 10.8 Å². The maximum atomic E-state index is 6.25. The number of halogens is 1. The van der Waals surface area contributed by atoms with E-state index >= 15 is 0 Å². The average Bonchev–Trinajstić information content (AvgIpc) is 2.84. The van der Waals surface area contributed by atoms with Crippen molar-refractivity contribution >= 4 is 31.5 Å². The molecule has 0 fully saturated rings. The van der Waals surface area contributed by atoms with Gasteiger partial charge < -0.3 is 16.8 Å². The number of hydrogen-bond acceptors (Lipinski definition) is 2. The van der Waals surface area contributed by atoms with E-state index in [2.05, 4.69) is 29.0 Å². The number of pyridine rings is 1. The maximum Gasteiger partial charge on any atom is 1.00 e. The van der Waals surface area contributed by atoms with Gasteiger partial charge in [0.15, 0.2) is 0 Å². The molecule has 96 valence electrons. The summed E-state index contributed by atoms with van der Waals surface area (Å²) in [5.74, 6) is 0. The molecular formula is C13H9ClCuN3Zn. The number of H-pyrrole nitrogens is 1. The number of fused-ring (bicyclic) bond motifs is 3. The number of rotatable bonds is 0. The second kappa shape index (κ2) is 8.96. The Morgan fingerprint density at radius 2 is 1.79 bits per heavy atom. The van der Waals surface area contributed by atoms with Crippen LogP contribution in [0.2, 0.25) is 0 Å². The molecule has 0 bridgehead atoms. The molecule has 1 N–H and O–H groups in total. The summed E-state index contributed by atoms with van der Waals surface area (Å²) in [6.45, 7) is 8.65. The van der Waals surface area contributed by atoms with Crippen LogP contribution in [0, 0.1) is 18.8 Å². The number of nitrogens with one attached hydrogen (secondary N) is 1. The van der Waals surface area contributed by atoms with E-state index in [0.717, 1.165) is 34.0 Å². The Morgan fingerprint density at radius 3 is 2.47 bits per heavy atom. The van der Waals surface area contributed by atoms with E-state index in [0.29, 0.717) is 0 Å². The summed E-state index contributed by atoms with van der Waals surface area (Å²) in [6, 6.07) is 10.2. The normalized spacial score (nSPS) is 8.68. The summed E-state index contributed by atoms with van der Waals surface area (Å²) in [5, 5.41) is 8.68. The average molecular weight is 372 g/mol. The number of aromatic amines is 1. The van der Waals surface area contributed by atoms with Crippen molar-refractivity contribution in [3.05, 3.63) is 55.7 Å². The van der Waals surface area contributed by atoms with Crippen molar-refractivity contribution in [2.45, 2.75) is 0 Å². The van der Waals surface area contributed by atoms with Crippen LogP contribution in [0.5, 0.6) is 0 Å². The number of aromatic nitrogens is 2. The molecule has 0 unspecified atom stereocenters. The Morgan fingerprint density at radius 1 is 1.16 bits per heavy atom. The fraction of sp³-hybridized carbons (Fsp3) is 0. The smallest absolute Gasteiger partial charge is 1.00 e. The number of para-hydroxylation sites is 1. The van der Waals surface area contributed by atoms with Crippen LogP contribution in [-0.2, 0) is 34.4 Å². The van der Waals surface area contributed by atoms with Gasteiger partial charge in [0.1, 0.15) is 0 Å². The number of hydrogen-bond donors (Lipinski definition) is 1. The molecule has 3 rings (SSSR count). The van der Waals surface area contributed by atoms with Gasteiger partial charge in [0, 0.05) is 11.7 Å². The van der Waals surface area contributed by atoms with Crippen LogP contribution in [0.25, 0.3) is 21.8 Å². The molecule has 0 saturated carbocycles. The third-order valence-corrected chi connectivity index (χ3v) is 2.51. The summed E-state index contributed by atoms with van der Waals surface area (Å²) in [6.07, 6.45) is 1.80. The van der Waals surface area contributed by atoms with Gasteiger partial charge in [-0.25, -0.2) is 6.92 Å². The minimum atomic E-state index is 0. The van der Waals surface area contributed by atoms with Gasteiger partial charge in [-0.15, -0.1) is 0 Å². The third kappa shape index (κ3) is 3.72. The second-order valence-corrected chi connectivity index (χ2v) is 3.35. The minimum Gasteiger partial charge on any atom is 1.00 e. The molecule has 6 heteroatoms. The maximum absolute atomic E-state index is 6.25. The van der Waals surface area contributed by atoms with Crippen molar-refractivity contribution in [1.29, 1.82) is 5.26 Å². The molecule has 19 heavy (non-hydrogen) atoms.